The summed E-state index contributed by atoms with van der Waals surface area (Å²) < 4.78 is 5.07. The van der Waals surface area contributed by atoms with Gasteiger partial charge in [0.1, 0.15) is 5.75 Å². The highest BCUT2D eigenvalue weighted by molar-refractivity contribution is 5.48. The van der Waals surface area contributed by atoms with E-state index in [0.29, 0.717) is 6.61 Å². The topological polar surface area (TPSA) is 41.5 Å². The normalized spacial score (nSPS) is 10.3. The van der Waals surface area contributed by atoms with E-state index in [2.05, 4.69) is 29.6 Å². The molecule has 0 fully saturated rings. The van der Waals surface area contributed by atoms with Crippen molar-refractivity contribution in [2.45, 2.75) is 13.2 Å². The maximum absolute atomic E-state index is 9.35. The molecule has 0 saturated carbocycles. The van der Waals surface area contributed by atoms with Gasteiger partial charge in [-0.05, 0) is 23.3 Å². The van der Waals surface area contributed by atoms with Gasteiger partial charge in [0, 0.05) is 25.4 Å². The van der Waals surface area contributed by atoms with Crippen molar-refractivity contribution in [3.8, 4) is 5.75 Å². The fourth-order valence-electron chi connectivity index (χ4n) is 1.74. The minimum absolute atomic E-state index is 0.274. The maximum Gasteiger partial charge on any atom is 0.117 e. The zero-order chi connectivity index (χ0) is 12.8. The molecule has 0 aromatic heterocycles. The molecular weight excluding hydrogens is 226 g/mol. The lowest BCUT2D eigenvalue weighted by atomic mass is 10.1. The van der Waals surface area contributed by atoms with Crippen LogP contribution in [0.25, 0.3) is 0 Å². The summed E-state index contributed by atoms with van der Waals surface area (Å²) in [6, 6.07) is 15.4. The monoisotopic (exact) mass is 243 g/mol. The summed E-state index contributed by atoms with van der Waals surface area (Å²) >= 11 is 0. The number of hydrogen-bond acceptors (Lipinski definition) is 3. The maximum atomic E-state index is 9.35. The molecule has 3 nitrogen and oxygen atoms in total. The molecule has 0 bridgehead atoms. The van der Waals surface area contributed by atoms with Gasteiger partial charge in [-0.1, -0.05) is 30.3 Å². The lowest BCUT2D eigenvalue weighted by Gasteiger charge is -2.07. The number of benzene rings is 2. The largest absolute Gasteiger partial charge is 0.508 e. The molecule has 0 aliphatic rings. The van der Waals surface area contributed by atoms with Crippen molar-refractivity contribution in [2.75, 3.05) is 12.4 Å². The van der Waals surface area contributed by atoms with E-state index in [1.54, 1.807) is 19.2 Å². The second kappa shape index (κ2) is 6.07. The molecule has 0 aliphatic carbocycles. The molecular formula is C15H17NO2. The minimum atomic E-state index is 0.274. The Kier molecular flexibility index (Phi) is 4.20. The smallest absolute Gasteiger partial charge is 0.117 e. The number of nitrogens with one attached hydrogen (secondary N) is 1. The first-order valence-corrected chi connectivity index (χ1v) is 5.87. The lowest BCUT2D eigenvalue weighted by Crippen LogP contribution is -1.99. The fraction of sp³-hybridized carbons (Fsp3) is 0.200. The van der Waals surface area contributed by atoms with E-state index in [0.717, 1.165) is 12.2 Å². The first kappa shape index (κ1) is 12.5. The molecule has 2 aromatic rings. The molecule has 2 aromatic carbocycles. The van der Waals surface area contributed by atoms with Crippen LogP contribution < -0.4 is 5.32 Å². The third-order valence-corrected chi connectivity index (χ3v) is 2.68. The van der Waals surface area contributed by atoms with E-state index in [-0.39, 0.29) is 5.75 Å². The molecule has 0 heterocycles. The van der Waals surface area contributed by atoms with Crippen molar-refractivity contribution < 1.29 is 9.84 Å². The highest BCUT2D eigenvalue weighted by Crippen LogP contribution is 2.16. The van der Waals surface area contributed by atoms with Gasteiger partial charge in [0.2, 0.25) is 0 Å². The molecule has 3 heteroatoms. The van der Waals surface area contributed by atoms with Gasteiger partial charge in [-0.3, -0.25) is 0 Å². The Morgan fingerprint density at radius 3 is 2.44 bits per heavy atom. The van der Waals surface area contributed by atoms with Gasteiger partial charge >= 0.3 is 0 Å². The van der Waals surface area contributed by atoms with Crippen LogP contribution in [0.15, 0.2) is 48.5 Å². The van der Waals surface area contributed by atoms with Crippen molar-refractivity contribution in [1.29, 1.82) is 0 Å². The molecule has 0 atom stereocenters. The molecule has 0 saturated heterocycles. The van der Waals surface area contributed by atoms with Crippen LogP contribution in [0.3, 0.4) is 0 Å². The molecule has 0 spiro atoms. The van der Waals surface area contributed by atoms with E-state index in [1.165, 1.54) is 11.1 Å². The van der Waals surface area contributed by atoms with Crippen molar-refractivity contribution >= 4 is 5.69 Å². The number of rotatable bonds is 5. The van der Waals surface area contributed by atoms with Gasteiger partial charge in [-0.15, -0.1) is 0 Å². The second-order valence-electron chi connectivity index (χ2n) is 4.15. The zero-order valence-corrected chi connectivity index (χ0v) is 10.4. The first-order valence-electron chi connectivity index (χ1n) is 5.87. The number of ether oxygens (including phenoxy) is 1. The van der Waals surface area contributed by atoms with E-state index >= 15 is 0 Å². The molecule has 0 aliphatic heterocycles. The number of phenolic OH excluding ortho intramolecular Hbond substituents is 1. The van der Waals surface area contributed by atoms with Gasteiger partial charge in [0.15, 0.2) is 0 Å². The Balaban J connectivity index is 1.93. The Hall–Kier alpha value is -2.00. The minimum Gasteiger partial charge on any atom is -0.508 e. The van der Waals surface area contributed by atoms with Crippen LogP contribution in [0, 0.1) is 0 Å². The number of methoxy groups -OCH3 is 1. The van der Waals surface area contributed by atoms with Crippen LogP contribution in [-0.4, -0.2) is 12.2 Å². The second-order valence-corrected chi connectivity index (χ2v) is 4.15. The van der Waals surface area contributed by atoms with Gasteiger partial charge in [0.05, 0.1) is 6.61 Å². The quantitative estimate of drug-likeness (QED) is 0.847. The summed E-state index contributed by atoms with van der Waals surface area (Å²) in [7, 11) is 1.69. The van der Waals surface area contributed by atoms with E-state index < -0.39 is 0 Å². The average molecular weight is 243 g/mol. The predicted molar refractivity (Wildman–Crippen MR) is 72.6 cm³/mol. The van der Waals surface area contributed by atoms with Crippen molar-refractivity contribution in [3.63, 3.8) is 0 Å². The van der Waals surface area contributed by atoms with Crippen molar-refractivity contribution in [2.24, 2.45) is 0 Å². The SMILES string of the molecule is COCc1ccc(CNc2cccc(O)c2)cc1. The Morgan fingerprint density at radius 1 is 1.06 bits per heavy atom. The Bertz CT molecular complexity index is 494. The zero-order valence-electron chi connectivity index (χ0n) is 10.4. The number of phenols is 1. The molecule has 0 radical (unpaired) electrons. The van der Waals surface area contributed by atoms with E-state index in [4.69, 9.17) is 4.74 Å². The predicted octanol–water partition coefficient (Wildman–Crippen LogP) is 3.15. The standard InChI is InChI=1S/C15H17NO2/c1-18-11-13-7-5-12(6-8-13)10-16-14-3-2-4-15(17)9-14/h2-9,16-17H,10-11H2,1H3. The van der Waals surface area contributed by atoms with Crippen LogP contribution in [0.4, 0.5) is 5.69 Å². The van der Waals surface area contributed by atoms with Crippen molar-refractivity contribution in [1.82, 2.24) is 0 Å². The first-order chi connectivity index (χ1) is 8.78. The number of hydrogen-bond donors (Lipinski definition) is 2. The third-order valence-electron chi connectivity index (χ3n) is 2.68. The van der Waals surface area contributed by atoms with Gasteiger partial charge in [0.25, 0.3) is 0 Å². The van der Waals surface area contributed by atoms with E-state index in [1.807, 2.05) is 12.1 Å². The van der Waals surface area contributed by atoms with Crippen LogP contribution in [0.2, 0.25) is 0 Å². The van der Waals surface area contributed by atoms with Gasteiger partial charge < -0.3 is 15.2 Å². The molecule has 0 amide bonds. The molecule has 18 heavy (non-hydrogen) atoms. The highest BCUT2D eigenvalue weighted by Gasteiger charge is 1.96. The summed E-state index contributed by atoms with van der Waals surface area (Å²) in [5.41, 5.74) is 3.27. The summed E-state index contributed by atoms with van der Waals surface area (Å²) in [5, 5.41) is 12.6. The van der Waals surface area contributed by atoms with E-state index in [9.17, 15) is 5.11 Å². The lowest BCUT2D eigenvalue weighted by molar-refractivity contribution is 0.185. The fourth-order valence-corrected chi connectivity index (χ4v) is 1.74. The highest BCUT2D eigenvalue weighted by atomic mass is 16.5. The van der Waals surface area contributed by atoms with Crippen LogP contribution in [0.5, 0.6) is 5.75 Å². The molecule has 94 valence electrons. The Labute approximate surface area is 107 Å². The summed E-state index contributed by atoms with van der Waals surface area (Å²) in [6.45, 7) is 1.37. The summed E-state index contributed by atoms with van der Waals surface area (Å²) in [4.78, 5) is 0. The number of aromatic hydroxyl groups is 1. The third kappa shape index (κ3) is 3.50. The average Bonchev–Trinajstić information content (AvgIpc) is 2.38. The number of anilines is 1. The Morgan fingerprint density at radius 2 is 1.78 bits per heavy atom. The van der Waals surface area contributed by atoms with Gasteiger partial charge in [-0.2, -0.15) is 0 Å². The van der Waals surface area contributed by atoms with Crippen LogP contribution >= 0.6 is 0 Å². The molecule has 2 N–H and O–H groups in total. The van der Waals surface area contributed by atoms with Crippen LogP contribution in [0.1, 0.15) is 11.1 Å². The summed E-state index contributed by atoms with van der Waals surface area (Å²) in [6.07, 6.45) is 0. The molecule has 2 rings (SSSR count). The van der Waals surface area contributed by atoms with Gasteiger partial charge in [-0.25, -0.2) is 0 Å². The molecule has 0 unspecified atom stereocenters. The van der Waals surface area contributed by atoms with Crippen molar-refractivity contribution in [3.05, 3.63) is 59.7 Å². The van der Waals surface area contributed by atoms with Crippen LogP contribution in [-0.2, 0) is 17.9 Å². The summed E-state index contributed by atoms with van der Waals surface area (Å²) in [5.74, 6) is 0.274.